The van der Waals surface area contributed by atoms with E-state index in [1.165, 1.54) is 4.57 Å². The molecule has 2 fully saturated rings. The fourth-order valence-corrected chi connectivity index (χ4v) is 6.26. The van der Waals surface area contributed by atoms with E-state index < -0.39 is 34.7 Å². The molecule has 2 atom stereocenters. The van der Waals surface area contributed by atoms with Gasteiger partial charge in [0, 0.05) is 36.5 Å². The molecule has 3 amide bonds. The lowest BCUT2D eigenvalue weighted by Gasteiger charge is -2.27. The van der Waals surface area contributed by atoms with E-state index >= 15 is 0 Å². The molecule has 236 valence electrons. The zero-order valence-electron chi connectivity index (χ0n) is 26.2. The summed E-state index contributed by atoms with van der Waals surface area (Å²) >= 11 is 1.55. The molecule has 2 aliphatic rings. The van der Waals surface area contributed by atoms with Crippen molar-refractivity contribution in [1.82, 2.24) is 20.1 Å². The van der Waals surface area contributed by atoms with Gasteiger partial charge in [0.05, 0.1) is 10.8 Å². The fraction of sp³-hybridized carbons (Fsp3) is 0.625. The van der Waals surface area contributed by atoms with Crippen molar-refractivity contribution in [3.05, 3.63) is 36.0 Å². The van der Waals surface area contributed by atoms with Crippen molar-refractivity contribution in [1.29, 1.82) is 0 Å². The lowest BCUT2D eigenvalue weighted by atomic mass is 10.1. The number of ether oxygens (including phenoxy) is 2. The number of alkyl carbamates (subject to hydrolysis) is 1. The van der Waals surface area contributed by atoms with E-state index in [4.69, 9.17) is 9.47 Å². The number of hydrogen-bond donors (Lipinski definition) is 2. The maximum absolute atomic E-state index is 13.7. The zero-order chi connectivity index (χ0) is 31.4. The van der Waals surface area contributed by atoms with Crippen molar-refractivity contribution in [2.45, 2.75) is 109 Å². The summed E-state index contributed by atoms with van der Waals surface area (Å²) in [6.07, 6.45) is 5.04. The van der Waals surface area contributed by atoms with E-state index in [-0.39, 0.29) is 17.9 Å². The zero-order valence-corrected chi connectivity index (χ0v) is 27.1. The first-order chi connectivity index (χ1) is 20.2. The molecule has 1 aromatic heterocycles. The highest BCUT2D eigenvalue weighted by molar-refractivity contribution is 8.00. The van der Waals surface area contributed by atoms with E-state index in [9.17, 15) is 19.2 Å². The molecular weight excluding hydrogens is 568 g/mol. The van der Waals surface area contributed by atoms with Gasteiger partial charge in [0.2, 0.25) is 11.8 Å². The Kier molecular flexibility index (Phi) is 10.4. The predicted octanol–water partition coefficient (Wildman–Crippen LogP) is 5.25. The van der Waals surface area contributed by atoms with E-state index in [0.717, 1.165) is 29.3 Å². The van der Waals surface area contributed by atoms with Gasteiger partial charge in [0.25, 0.3) is 0 Å². The second-order valence-corrected chi connectivity index (χ2v) is 14.6. The van der Waals surface area contributed by atoms with Crippen molar-refractivity contribution < 1.29 is 28.7 Å². The third kappa shape index (κ3) is 9.39. The Bertz CT molecular complexity index is 1320. The molecule has 0 radical (unpaired) electrons. The van der Waals surface area contributed by atoms with Crippen LogP contribution in [0.25, 0.3) is 10.9 Å². The van der Waals surface area contributed by atoms with Crippen molar-refractivity contribution in [3.63, 3.8) is 0 Å². The van der Waals surface area contributed by atoms with Gasteiger partial charge in [-0.25, -0.2) is 9.59 Å². The number of carbonyl (C=O) groups is 4. The summed E-state index contributed by atoms with van der Waals surface area (Å²) in [6.45, 7) is 12.0. The van der Waals surface area contributed by atoms with Gasteiger partial charge in [-0.2, -0.15) is 0 Å². The topological polar surface area (TPSA) is 119 Å². The predicted molar refractivity (Wildman–Crippen MR) is 168 cm³/mol. The highest BCUT2D eigenvalue weighted by Gasteiger charge is 2.38. The summed E-state index contributed by atoms with van der Waals surface area (Å²) in [5.74, 6) is 0.443. The Morgan fingerprint density at radius 3 is 2.40 bits per heavy atom. The second kappa shape index (κ2) is 13.6. The molecule has 43 heavy (non-hydrogen) atoms. The maximum Gasteiger partial charge on any atom is 0.419 e. The molecule has 10 nitrogen and oxygen atoms in total. The first kappa shape index (κ1) is 32.7. The minimum atomic E-state index is -0.642. The second-order valence-electron chi connectivity index (χ2n) is 13.3. The summed E-state index contributed by atoms with van der Waals surface area (Å²) in [5.41, 5.74) is 0.400. The molecule has 2 heterocycles. The number of nitrogens with zero attached hydrogens (tertiary/aromatic N) is 2. The normalized spacial score (nSPS) is 20.2. The van der Waals surface area contributed by atoms with Gasteiger partial charge in [-0.05, 0) is 91.7 Å². The first-order valence-corrected chi connectivity index (χ1v) is 16.3. The van der Waals surface area contributed by atoms with Crippen molar-refractivity contribution in [2.24, 2.45) is 0 Å². The average Bonchev–Trinajstić information content (AvgIpc) is 3.67. The number of hydrogen-bond acceptors (Lipinski definition) is 7. The third-order valence-corrected chi connectivity index (χ3v) is 8.41. The molecule has 1 saturated heterocycles. The van der Waals surface area contributed by atoms with Gasteiger partial charge in [0.1, 0.15) is 17.2 Å². The van der Waals surface area contributed by atoms with Crippen LogP contribution in [0.2, 0.25) is 0 Å². The Labute approximate surface area is 258 Å². The molecule has 0 bridgehead atoms. The molecule has 4 rings (SSSR count). The number of rotatable bonds is 8. The van der Waals surface area contributed by atoms with Crippen LogP contribution in [0.1, 0.15) is 79.2 Å². The van der Waals surface area contributed by atoms with E-state index in [0.29, 0.717) is 44.5 Å². The number of nitrogens with one attached hydrogen (secondary N) is 2. The number of fused-ring (bicyclic) bond motifs is 1. The van der Waals surface area contributed by atoms with Crippen LogP contribution in [-0.2, 0) is 25.5 Å². The van der Waals surface area contributed by atoms with Crippen LogP contribution in [0, 0.1) is 0 Å². The molecule has 1 aliphatic heterocycles. The number of amides is 3. The molecule has 2 N–H and O–H groups in total. The number of unbranched alkanes of at least 4 members (excludes halogenated alkanes) is 1. The minimum absolute atomic E-state index is 0.0290. The van der Waals surface area contributed by atoms with Crippen LogP contribution in [0.4, 0.5) is 9.59 Å². The van der Waals surface area contributed by atoms with Crippen LogP contribution >= 0.6 is 11.8 Å². The summed E-state index contributed by atoms with van der Waals surface area (Å²) in [6, 6.07) is 7.24. The standard InChI is InChI=1S/C32H46N4O6S/c1-31(2,3)41-29(39)33-16-10-9-12-24-28(38)35(22-14-15-22)17-18-43-26(27(37)34-24)19-21-20-36(30(40)42-32(4,5)6)25-13-8-7-11-23(21)25/h7-8,11,13,20,22,24,26H,9-10,12,14-19H2,1-6H3,(H,33,39)(H,34,37). The number of aromatic nitrogens is 1. The summed E-state index contributed by atoms with van der Waals surface area (Å²) in [4.78, 5) is 54.2. The molecule has 2 aromatic rings. The largest absolute Gasteiger partial charge is 0.444 e. The highest BCUT2D eigenvalue weighted by atomic mass is 32.2. The van der Waals surface area contributed by atoms with Crippen LogP contribution < -0.4 is 10.6 Å². The van der Waals surface area contributed by atoms with Crippen molar-refractivity contribution >= 4 is 46.7 Å². The molecule has 1 aromatic carbocycles. The number of para-hydroxylation sites is 1. The lowest BCUT2D eigenvalue weighted by molar-refractivity contribution is -0.136. The Hall–Kier alpha value is -3.21. The van der Waals surface area contributed by atoms with Gasteiger partial charge in [-0.15, -0.1) is 11.8 Å². The average molecular weight is 615 g/mol. The van der Waals surface area contributed by atoms with Crippen molar-refractivity contribution in [2.75, 3.05) is 18.8 Å². The minimum Gasteiger partial charge on any atom is -0.444 e. The molecule has 11 heteroatoms. The highest BCUT2D eigenvalue weighted by Crippen LogP contribution is 2.31. The van der Waals surface area contributed by atoms with Crippen molar-refractivity contribution in [3.8, 4) is 0 Å². The first-order valence-electron chi connectivity index (χ1n) is 15.2. The molecule has 0 spiro atoms. The Morgan fingerprint density at radius 1 is 1.02 bits per heavy atom. The molecular formula is C32H46N4O6S. The molecule has 1 aliphatic carbocycles. The van der Waals surface area contributed by atoms with Gasteiger partial charge in [-0.3, -0.25) is 14.2 Å². The van der Waals surface area contributed by atoms with Gasteiger partial charge >= 0.3 is 12.2 Å². The summed E-state index contributed by atoms with van der Waals surface area (Å²) < 4.78 is 12.4. The van der Waals surface area contributed by atoms with E-state index in [1.807, 2.05) is 70.7 Å². The molecule has 1 saturated carbocycles. The van der Waals surface area contributed by atoms with Crippen LogP contribution in [0.15, 0.2) is 30.5 Å². The van der Waals surface area contributed by atoms with Gasteiger partial charge in [-0.1, -0.05) is 18.2 Å². The monoisotopic (exact) mass is 614 g/mol. The van der Waals surface area contributed by atoms with Crippen LogP contribution in [-0.4, -0.2) is 80.8 Å². The van der Waals surface area contributed by atoms with E-state index in [2.05, 4.69) is 10.6 Å². The van der Waals surface area contributed by atoms with Gasteiger partial charge < -0.3 is 25.0 Å². The fourth-order valence-electron chi connectivity index (χ4n) is 5.15. The Balaban J connectivity index is 1.45. The van der Waals surface area contributed by atoms with Crippen LogP contribution in [0.3, 0.4) is 0 Å². The third-order valence-electron chi connectivity index (χ3n) is 7.21. The number of carbonyl (C=O) groups excluding carboxylic acids is 4. The number of benzene rings is 1. The van der Waals surface area contributed by atoms with E-state index in [1.54, 1.807) is 18.0 Å². The Morgan fingerprint density at radius 2 is 1.72 bits per heavy atom. The summed E-state index contributed by atoms with van der Waals surface area (Å²) in [5, 5.41) is 6.29. The smallest absolute Gasteiger partial charge is 0.419 e. The maximum atomic E-state index is 13.7. The van der Waals surface area contributed by atoms with Gasteiger partial charge in [0.15, 0.2) is 0 Å². The van der Waals surface area contributed by atoms with Crippen LogP contribution in [0.5, 0.6) is 0 Å². The molecule has 2 unspecified atom stereocenters. The number of thioether (sulfide) groups is 1. The quantitative estimate of drug-likeness (QED) is 0.390. The lowest BCUT2D eigenvalue weighted by Crippen LogP contribution is -2.50. The summed E-state index contributed by atoms with van der Waals surface area (Å²) in [7, 11) is 0. The SMILES string of the molecule is CC(C)(C)OC(=O)NCCCCC1NC(=O)C(Cc2cn(C(=O)OC(C)(C)C)c3ccccc23)SCCN(C2CC2)C1=O.